The number of hydrazone groups is 1. The fraction of sp³-hybridized carbons (Fsp3) is 0.0800. The Hall–Kier alpha value is -4.19. The van der Waals surface area contributed by atoms with E-state index in [0.717, 1.165) is 22.7 Å². The molecule has 6 nitrogen and oxygen atoms in total. The molecule has 6 heteroatoms. The summed E-state index contributed by atoms with van der Waals surface area (Å²) in [5.74, 6) is 1.36. The molecule has 4 aromatic rings. The van der Waals surface area contributed by atoms with Crippen LogP contribution >= 0.6 is 0 Å². The first kappa shape index (κ1) is 18.8. The zero-order valence-corrected chi connectivity index (χ0v) is 16.6. The second kappa shape index (κ2) is 7.91. The number of nitro groups is 1. The van der Waals surface area contributed by atoms with Crippen molar-refractivity contribution in [3.8, 4) is 11.3 Å². The van der Waals surface area contributed by atoms with Gasteiger partial charge in [0, 0.05) is 24.1 Å². The van der Waals surface area contributed by atoms with Crippen LogP contribution in [-0.2, 0) is 0 Å². The first-order chi connectivity index (χ1) is 15.2. The fourth-order valence-electron chi connectivity index (χ4n) is 3.82. The molecule has 0 N–H and O–H groups in total. The highest BCUT2D eigenvalue weighted by Crippen LogP contribution is 2.38. The van der Waals surface area contributed by atoms with E-state index in [-0.39, 0.29) is 11.7 Å². The van der Waals surface area contributed by atoms with Crippen LogP contribution in [0.4, 0.5) is 11.4 Å². The van der Waals surface area contributed by atoms with Crippen LogP contribution in [0.2, 0.25) is 0 Å². The van der Waals surface area contributed by atoms with Gasteiger partial charge in [0.1, 0.15) is 17.6 Å². The number of hydrogen-bond donors (Lipinski definition) is 0. The number of nitro benzene ring substituents is 1. The van der Waals surface area contributed by atoms with Gasteiger partial charge in [-0.3, -0.25) is 15.1 Å². The number of rotatable bonds is 5. The first-order valence-electron chi connectivity index (χ1n) is 10.0. The second-order valence-corrected chi connectivity index (χ2v) is 7.32. The predicted molar refractivity (Wildman–Crippen MR) is 120 cm³/mol. The summed E-state index contributed by atoms with van der Waals surface area (Å²) in [5.41, 5.74) is 3.76. The zero-order valence-electron chi connectivity index (χ0n) is 16.6. The quantitative estimate of drug-likeness (QED) is 0.290. The molecule has 1 aromatic heterocycles. The van der Waals surface area contributed by atoms with Crippen LogP contribution < -0.4 is 5.01 Å². The molecule has 1 aliphatic heterocycles. The van der Waals surface area contributed by atoms with Crippen LogP contribution in [0, 0.1) is 10.1 Å². The molecule has 1 aliphatic rings. The number of non-ortho nitro benzene ring substituents is 1. The van der Waals surface area contributed by atoms with Gasteiger partial charge in [-0.05, 0) is 29.8 Å². The summed E-state index contributed by atoms with van der Waals surface area (Å²) in [6.07, 6.45) is 0.695. The molecule has 0 aliphatic carbocycles. The molecule has 3 aromatic carbocycles. The van der Waals surface area contributed by atoms with E-state index < -0.39 is 4.92 Å². The summed E-state index contributed by atoms with van der Waals surface area (Å²) in [6.45, 7) is 0. The lowest BCUT2D eigenvalue weighted by molar-refractivity contribution is -0.384. The number of furan rings is 1. The topological polar surface area (TPSA) is 71.9 Å². The third-order valence-electron chi connectivity index (χ3n) is 5.33. The highest BCUT2D eigenvalue weighted by Gasteiger charge is 2.32. The van der Waals surface area contributed by atoms with Gasteiger partial charge in [0.05, 0.1) is 16.3 Å². The normalized spacial score (nSPS) is 15.7. The third kappa shape index (κ3) is 3.71. The Bertz CT molecular complexity index is 1250. The van der Waals surface area contributed by atoms with Gasteiger partial charge in [0.2, 0.25) is 0 Å². The fourth-order valence-corrected chi connectivity index (χ4v) is 3.82. The Morgan fingerprint density at radius 3 is 2.32 bits per heavy atom. The van der Waals surface area contributed by atoms with Crippen molar-refractivity contribution in [1.29, 1.82) is 0 Å². The van der Waals surface area contributed by atoms with Crippen molar-refractivity contribution in [1.82, 2.24) is 0 Å². The van der Waals surface area contributed by atoms with Crippen LogP contribution in [0.25, 0.3) is 11.3 Å². The summed E-state index contributed by atoms with van der Waals surface area (Å²) in [5, 5.41) is 18.0. The van der Waals surface area contributed by atoms with Gasteiger partial charge in [0.15, 0.2) is 0 Å². The largest absolute Gasteiger partial charge is 0.459 e. The average Bonchev–Trinajstić information content (AvgIpc) is 3.48. The van der Waals surface area contributed by atoms with Gasteiger partial charge >= 0.3 is 0 Å². The molecule has 0 spiro atoms. The van der Waals surface area contributed by atoms with Crippen LogP contribution in [0.5, 0.6) is 0 Å². The molecule has 0 saturated carbocycles. The monoisotopic (exact) mass is 409 g/mol. The van der Waals surface area contributed by atoms with E-state index in [4.69, 9.17) is 9.52 Å². The number of nitrogens with zero attached hydrogens (tertiary/aromatic N) is 3. The molecule has 0 radical (unpaired) electrons. The van der Waals surface area contributed by atoms with Crippen molar-refractivity contribution in [3.05, 3.63) is 118 Å². The molecule has 0 amide bonds. The van der Waals surface area contributed by atoms with Gasteiger partial charge in [-0.2, -0.15) is 5.10 Å². The summed E-state index contributed by atoms with van der Waals surface area (Å²) in [4.78, 5) is 10.7. The highest BCUT2D eigenvalue weighted by molar-refractivity contribution is 6.03. The minimum atomic E-state index is -0.401. The van der Waals surface area contributed by atoms with Gasteiger partial charge in [-0.25, -0.2) is 0 Å². The minimum absolute atomic E-state index is 0.0388. The molecular weight excluding hydrogens is 390 g/mol. The van der Waals surface area contributed by atoms with Crippen molar-refractivity contribution in [2.24, 2.45) is 5.10 Å². The lowest BCUT2D eigenvalue weighted by Gasteiger charge is -2.21. The van der Waals surface area contributed by atoms with Crippen molar-refractivity contribution in [2.75, 3.05) is 5.01 Å². The summed E-state index contributed by atoms with van der Waals surface area (Å²) in [6, 6.07) is 30.3. The molecule has 31 heavy (non-hydrogen) atoms. The molecule has 5 rings (SSSR count). The molecule has 0 saturated heterocycles. The molecule has 2 heterocycles. The van der Waals surface area contributed by atoms with E-state index in [1.165, 1.54) is 12.1 Å². The van der Waals surface area contributed by atoms with Crippen LogP contribution in [0.15, 0.2) is 107 Å². The molecular formula is C25H19N3O3. The van der Waals surface area contributed by atoms with E-state index >= 15 is 0 Å². The maximum absolute atomic E-state index is 11.1. The van der Waals surface area contributed by atoms with Gasteiger partial charge in [-0.1, -0.05) is 60.7 Å². The number of para-hydroxylation sites is 1. The molecule has 0 bridgehead atoms. The van der Waals surface area contributed by atoms with E-state index in [2.05, 4.69) is 12.1 Å². The van der Waals surface area contributed by atoms with Crippen molar-refractivity contribution in [2.45, 2.75) is 12.5 Å². The van der Waals surface area contributed by atoms with Gasteiger partial charge in [-0.15, -0.1) is 0 Å². The molecule has 1 atom stereocenters. The first-order valence-corrected chi connectivity index (χ1v) is 10.0. The Balaban J connectivity index is 1.50. The van der Waals surface area contributed by atoms with Crippen molar-refractivity contribution in [3.63, 3.8) is 0 Å². The van der Waals surface area contributed by atoms with Crippen LogP contribution in [-0.4, -0.2) is 10.6 Å². The van der Waals surface area contributed by atoms with E-state index in [1.54, 1.807) is 6.07 Å². The lowest BCUT2D eigenvalue weighted by Crippen LogP contribution is -2.17. The Morgan fingerprint density at radius 2 is 1.58 bits per heavy atom. The molecule has 0 unspecified atom stereocenters. The minimum Gasteiger partial charge on any atom is -0.459 e. The summed E-state index contributed by atoms with van der Waals surface area (Å²) in [7, 11) is 0. The maximum atomic E-state index is 11.1. The highest BCUT2D eigenvalue weighted by atomic mass is 16.6. The van der Waals surface area contributed by atoms with Crippen LogP contribution in [0.3, 0.4) is 0 Å². The average molecular weight is 409 g/mol. The molecule has 0 fully saturated rings. The number of hydrogen-bond acceptors (Lipinski definition) is 5. The summed E-state index contributed by atoms with van der Waals surface area (Å²) >= 11 is 0. The number of anilines is 1. The van der Waals surface area contributed by atoms with E-state index in [1.807, 2.05) is 71.7 Å². The standard InChI is InChI=1S/C25H19N3O3/c29-28(30)21-13-7-10-19(16-21)24-14-15-25(31-24)23-17-22(18-8-3-1-4-9-18)26-27(23)20-11-5-2-6-12-20/h1-16,23H,17H2/t23-/m0/s1. The predicted octanol–water partition coefficient (Wildman–Crippen LogP) is 6.21. The summed E-state index contributed by atoms with van der Waals surface area (Å²) < 4.78 is 6.19. The second-order valence-electron chi connectivity index (χ2n) is 7.32. The van der Waals surface area contributed by atoms with Gasteiger partial charge in [0.25, 0.3) is 5.69 Å². The SMILES string of the molecule is O=[N+]([O-])c1cccc(-c2ccc([C@@H]3CC(c4ccccc4)=NN3c3ccccc3)o2)c1. The van der Waals surface area contributed by atoms with E-state index in [9.17, 15) is 10.1 Å². The lowest BCUT2D eigenvalue weighted by atomic mass is 10.0. The van der Waals surface area contributed by atoms with Crippen molar-refractivity contribution >= 4 is 17.1 Å². The zero-order chi connectivity index (χ0) is 21.2. The Morgan fingerprint density at radius 1 is 0.871 bits per heavy atom. The Kier molecular flexibility index (Phi) is 4.80. The van der Waals surface area contributed by atoms with Crippen LogP contribution in [0.1, 0.15) is 23.8 Å². The third-order valence-corrected chi connectivity index (χ3v) is 5.33. The van der Waals surface area contributed by atoms with Gasteiger partial charge < -0.3 is 4.42 Å². The number of benzene rings is 3. The maximum Gasteiger partial charge on any atom is 0.270 e. The van der Waals surface area contributed by atoms with E-state index in [0.29, 0.717) is 17.7 Å². The molecule has 152 valence electrons. The van der Waals surface area contributed by atoms with Crippen molar-refractivity contribution < 1.29 is 9.34 Å². The Labute approximate surface area is 179 Å². The smallest absolute Gasteiger partial charge is 0.270 e.